The summed E-state index contributed by atoms with van der Waals surface area (Å²) in [7, 11) is 3.53. The first-order valence-corrected chi connectivity index (χ1v) is 12.2. The van der Waals surface area contributed by atoms with Crippen molar-refractivity contribution in [2.24, 2.45) is 7.05 Å². The molecular weight excluding hydrogens is 442 g/mol. The zero-order valence-electron chi connectivity index (χ0n) is 21.8. The number of methoxy groups -OCH3 is 1. The predicted molar refractivity (Wildman–Crippen MR) is 139 cm³/mol. The fourth-order valence-corrected chi connectivity index (χ4v) is 3.90. The Hall–Kier alpha value is -2.87. The third-order valence-corrected chi connectivity index (χ3v) is 5.49. The third kappa shape index (κ3) is 7.82. The maximum atomic E-state index is 10.7. The minimum atomic E-state index is -0.597. The molecule has 0 fully saturated rings. The van der Waals surface area contributed by atoms with Crippen molar-refractivity contribution in [2.45, 2.75) is 52.4 Å². The van der Waals surface area contributed by atoms with Gasteiger partial charge in [-0.05, 0) is 45.9 Å². The number of aliphatic hydroxyl groups is 1. The lowest BCUT2D eigenvalue weighted by Gasteiger charge is -2.27. The van der Waals surface area contributed by atoms with Gasteiger partial charge in [0.1, 0.15) is 17.2 Å². The number of ether oxygens (including phenoxy) is 3. The molecule has 35 heavy (non-hydrogen) atoms. The minimum absolute atomic E-state index is 0.287. The molecule has 0 saturated carbocycles. The molecule has 0 unspecified atom stereocenters. The Labute approximate surface area is 209 Å². The molecule has 0 saturated heterocycles. The highest BCUT2D eigenvalue weighted by Crippen LogP contribution is 2.35. The minimum Gasteiger partial charge on any atom is -0.497 e. The van der Waals surface area contributed by atoms with E-state index in [0.717, 1.165) is 35.5 Å². The number of rotatable bonds is 12. The van der Waals surface area contributed by atoms with Crippen molar-refractivity contribution in [3.05, 3.63) is 60.2 Å². The van der Waals surface area contributed by atoms with Crippen LogP contribution in [0.25, 0.3) is 11.3 Å². The summed E-state index contributed by atoms with van der Waals surface area (Å²) in [5, 5.41) is 15.5. The Kier molecular flexibility index (Phi) is 9.32. The van der Waals surface area contributed by atoms with Crippen LogP contribution in [0.4, 0.5) is 0 Å². The maximum absolute atomic E-state index is 10.7. The van der Waals surface area contributed by atoms with Gasteiger partial charge in [-0.3, -0.25) is 4.90 Å². The second-order valence-corrected chi connectivity index (χ2v) is 9.72. The monoisotopic (exact) mass is 481 g/mol. The second kappa shape index (κ2) is 12.2. The molecule has 190 valence electrons. The molecule has 0 aliphatic heterocycles. The Bertz CT molecular complexity index is 1060. The highest BCUT2D eigenvalue weighted by atomic mass is 16.5. The van der Waals surface area contributed by atoms with Crippen LogP contribution >= 0.6 is 0 Å². The largest absolute Gasteiger partial charge is 0.497 e. The highest BCUT2D eigenvalue weighted by molar-refractivity contribution is 5.65. The average Bonchev–Trinajstić information content (AvgIpc) is 3.13. The molecule has 3 rings (SSSR count). The van der Waals surface area contributed by atoms with Crippen LogP contribution in [0.15, 0.2) is 54.6 Å². The number of aliphatic hydroxyl groups excluding tert-OH is 1. The number of hydrogen-bond acceptors (Lipinski definition) is 6. The summed E-state index contributed by atoms with van der Waals surface area (Å²) in [5.74, 6) is 2.07. The van der Waals surface area contributed by atoms with E-state index in [1.165, 1.54) is 0 Å². The van der Waals surface area contributed by atoms with Gasteiger partial charge in [-0.1, -0.05) is 43.3 Å². The molecule has 0 radical (unpaired) electrons. The number of hydrogen-bond donors (Lipinski definition) is 1. The van der Waals surface area contributed by atoms with Crippen molar-refractivity contribution < 1.29 is 19.3 Å². The lowest BCUT2D eigenvalue weighted by Crippen LogP contribution is -2.37. The van der Waals surface area contributed by atoms with E-state index in [-0.39, 0.29) is 12.2 Å². The number of aromatic nitrogens is 2. The van der Waals surface area contributed by atoms with Crippen LogP contribution in [-0.4, -0.2) is 58.3 Å². The van der Waals surface area contributed by atoms with Gasteiger partial charge in [0.2, 0.25) is 5.88 Å². The lowest BCUT2D eigenvalue weighted by molar-refractivity contribution is -0.0566. The SMILES string of the molecule is CCCN(Cc1c(-c2ccccc2)nn(C)c1Oc1cccc(OC)c1)C[C@H](O)COC(C)(C)C. The summed E-state index contributed by atoms with van der Waals surface area (Å²) < 4.78 is 19.3. The first kappa shape index (κ1) is 26.7. The van der Waals surface area contributed by atoms with Gasteiger partial charge >= 0.3 is 0 Å². The molecule has 1 N–H and O–H groups in total. The molecule has 1 heterocycles. The summed E-state index contributed by atoms with van der Waals surface area (Å²) in [4.78, 5) is 2.23. The van der Waals surface area contributed by atoms with E-state index in [2.05, 4.69) is 24.0 Å². The summed E-state index contributed by atoms with van der Waals surface area (Å²) >= 11 is 0. The van der Waals surface area contributed by atoms with Gasteiger partial charge in [0, 0.05) is 31.8 Å². The summed E-state index contributed by atoms with van der Waals surface area (Å²) in [6.45, 7) is 10.3. The first-order chi connectivity index (χ1) is 16.7. The van der Waals surface area contributed by atoms with Gasteiger partial charge < -0.3 is 19.3 Å². The van der Waals surface area contributed by atoms with E-state index >= 15 is 0 Å². The topological polar surface area (TPSA) is 69.0 Å². The van der Waals surface area contributed by atoms with E-state index in [4.69, 9.17) is 19.3 Å². The van der Waals surface area contributed by atoms with Gasteiger partial charge in [0.05, 0.1) is 31.0 Å². The van der Waals surface area contributed by atoms with Crippen LogP contribution in [0, 0.1) is 0 Å². The molecular formula is C28H39N3O4. The fourth-order valence-electron chi connectivity index (χ4n) is 3.90. The van der Waals surface area contributed by atoms with Crippen LogP contribution in [0.3, 0.4) is 0 Å². The molecule has 0 amide bonds. The van der Waals surface area contributed by atoms with Crippen molar-refractivity contribution in [1.29, 1.82) is 0 Å². The fraction of sp³-hybridized carbons (Fsp3) is 0.464. The van der Waals surface area contributed by atoms with Crippen molar-refractivity contribution in [1.82, 2.24) is 14.7 Å². The van der Waals surface area contributed by atoms with E-state index in [1.54, 1.807) is 11.8 Å². The molecule has 1 aromatic heterocycles. The predicted octanol–water partition coefficient (Wildman–Crippen LogP) is 5.28. The van der Waals surface area contributed by atoms with Crippen LogP contribution in [0.2, 0.25) is 0 Å². The highest BCUT2D eigenvalue weighted by Gasteiger charge is 2.24. The molecule has 1 atom stereocenters. The van der Waals surface area contributed by atoms with Gasteiger partial charge in [-0.15, -0.1) is 0 Å². The lowest BCUT2D eigenvalue weighted by atomic mass is 10.1. The first-order valence-electron chi connectivity index (χ1n) is 12.2. The van der Waals surface area contributed by atoms with Crippen LogP contribution < -0.4 is 9.47 Å². The number of aryl methyl sites for hydroxylation is 1. The van der Waals surface area contributed by atoms with Gasteiger partial charge in [0.15, 0.2) is 0 Å². The van der Waals surface area contributed by atoms with E-state index in [1.807, 2.05) is 70.3 Å². The molecule has 0 spiro atoms. The summed E-state index contributed by atoms with van der Waals surface area (Å²) in [6, 6.07) is 17.7. The van der Waals surface area contributed by atoms with Gasteiger partial charge in [-0.2, -0.15) is 5.10 Å². The standard InChI is InChI=1S/C28H39N3O4/c1-7-16-31(18-22(32)20-34-28(2,3)4)19-25-26(21-12-9-8-10-13-21)29-30(5)27(25)35-24-15-11-14-23(17-24)33-6/h8-15,17,22,32H,7,16,18-20H2,1-6H3/t22-/m0/s1. The summed E-state index contributed by atoms with van der Waals surface area (Å²) in [5.41, 5.74) is 2.57. The molecule has 7 nitrogen and oxygen atoms in total. The average molecular weight is 482 g/mol. The summed E-state index contributed by atoms with van der Waals surface area (Å²) in [6.07, 6.45) is 0.361. The normalized spacial score (nSPS) is 12.7. The molecule has 0 bridgehead atoms. The Morgan fingerprint density at radius 3 is 2.43 bits per heavy atom. The second-order valence-electron chi connectivity index (χ2n) is 9.72. The smallest absolute Gasteiger partial charge is 0.222 e. The van der Waals surface area contributed by atoms with Crippen molar-refractivity contribution in [2.75, 3.05) is 26.8 Å². The third-order valence-electron chi connectivity index (χ3n) is 5.49. The number of benzene rings is 2. The molecule has 0 aliphatic carbocycles. The van der Waals surface area contributed by atoms with E-state index < -0.39 is 6.10 Å². The molecule has 2 aromatic carbocycles. The Balaban J connectivity index is 1.93. The van der Waals surface area contributed by atoms with Gasteiger partial charge in [-0.25, -0.2) is 4.68 Å². The van der Waals surface area contributed by atoms with Crippen molar-refractivity contribution in [3.63, 3.8) is 0 Å². The zero-order chi connectivity index (χ0) is 25.4. The Morgan fingerprint density at radius 1 is 1.06 bits per heavy atom. The van der Waals surface area contributed by atoms with Crippen molar-refractivity contribution in [3.8, 4) is 28.6 Å². The molecule has 3 aromatic rings. The molecule has 0 aliphatic rings. The molecule has 7 heteroatoms. The zero-order valence-corrected chi connectivity index (χ0v) is 21.8. The maximum Gasteiger partial charge on any atom is 0.222 e. The van der Waals surface area contributed by atoms with Gasteiger partial charge in [0.25, 0.3) is 0 Å². The van der Waals surface area contributed by atoms with Crippen molar-refractivity contribution >= 4 is 0 Å². The van der Waals surface area contributed by atoms with Crippen LogP contribution in [0.5, 0.6) is 17.4 Å². The Morgan fingerprint density at radius 2 is 1.77 bits per heavy atom. The van der Waals surface area contributed by atoms with Crippen LogP contribution in [0.1, 0.15) is 39.7 Å². The van der Waals surface area contributed by atoms with Crippen LogP contribution in [-0.2, 0) is 18.3 Å². The quantitative estimate of drug-likeness (QED) is 0.380. The number of nitrogens with zero attached hydrogens (tertiary/aromatic N) is 3. The van der Waals surface area contributed by atoms with E-state index in [9.17, 15) is 5.11 Å². The van der Waals surface area contributed by atoms with E-state index in [0.29, 0.717) is 24.7 Å².